The zero-order valence-electron chi connectivity index (χ0n) is 11.4. The van der Waals surface area contributed by atoms with Gasteiger partial charge in [-0.1, -0.05) is 11.3 Å². The molecule has 2 bridgehead atoms. The van der Waals surface area contributed by atoms with Crippen molar-refractivity contribution < 1.29 is 19.1 Å². The first-order valence-corrected chi connectivity index (χ1v) is 7.40. The first-order chi connectivity index (χ1) is 9.58. The molecule has 3 rings (SSSR count). The van der Waals surface area contributed by atoms with E-state index in [1.165, 1.54) is 25.4 Å². The minimum Gasteiger partial charge on any atom is -0.464 e. The summed E-state index contributed by atoms with van der Waals surface area (Å²) >= 11 is 1.26. The van der Waals surface area contributed by atoms with Gasteiger partial charge in [-0.3, -0.25) is 4.79 Å². The number of Topliss-reactive ketones (excluding diaryl/α,β-unsaturated/α-hetero) is 1. The summed E-state index contributed by atoms with van der Waals surface area (Å²) in [5.74, 6) is -0.723. The number of thiazole rings is 1. The molecule has 0 N–H and O–H groups in total. The predicted molar refractivity (Wildman–Crippen MR) is 73.6 cm³/mol. The molecule has 2 fully saturated rings. The van der Waals surface area contributed by atoms with Crippen LogP contribution in [0.2, 0.25) is 0 Å². The number of carbonyl (C=O) groups is 2. The number of ketones is 1. The zero-order valence-corrected chi connectivity index (χ0v) is 12.2. The fourth-order valence-electron chi connectivity index (χ4n) is 2.69. The van der Waals surface area contributed by atoms with Gasteiger partial charge in [-0.2, -0.15) is 0 Å². The van der Waals surface area contributed by atoms with E-state index >= 15 is 0 Å². The summed E-state index contributed by atoms with van der Waals surface area (Å²) < 4.78 is 10.5. The van der Waals surface area contributed by atoms with Gasteiger partial charge >= 0.3 is 5.97 Å². The van der Waals surface area contributed by atoms with E-state index in [-0.39, 0.29) is 23.7 Å². The number of carbonyl (C=O) groups excluding carboxylic acids is 2. The summed E-state index contributed by atoms with van der Waals surface area (Å²) in [6, 6.07) is 0. The fourth-order valence-corrected chi connectivity index (χ4v) is 3.66. The van der Waals surface area contributed by atoms with Crippen molar-refractivity contribution in [2.24, 2.45) is 0 Å². The van der Waals surface area contributed by atoms with Crippen LogP contribution in [0.4, 0.5) is 5.13 Å². The lowest BCUT2D eigenvalue weighted by atomic mass is 10.2. The lowest BCUT2D eigenvalue weighted by Gasteiger charge is -2.31. The Morgan fingerprint density at radius 2 is 2.00 bits per heavy atom. The van der Waals surface area contributed by atoms with Crippen molar-refractivity contribution in [1.82, 2.24) is 4.98 Å². The van der Waals surface area contributed by atoms with Crippen LogP contribution < -0.4 is 4.90 Å². The Bertz CT molecular complexity index is 545. The highest BCUT2D eigenvalue weighted by Crippen LogP contribution is 2.33. The smallest absolute Gasteiger partial charge is 0.358 e. The molecule has 1 aromatic rings. The number of ether oxygens (including phenoxy) is 2. The first kappa shape index (κ1) is 13.5. The van der Waals surface area contributed by atoms with Crippen molar-refractivity contribution in [3.8, 4) is 0 Å². The summed E-state index contributed by atoms with van der Waals surface area (Å²) in [6.45, 7) is 2.97. The summed E-state index contributed by atoms with van der Waals surface area (Å²) in [7, 11) is 1.29. The number of esters is 1. The molecule has 2 unspecified atom stereocenters. The van der Waals surface area contributed by atoms with Crippen LogP contribution in [-0.2, 0) is 9.47 Å². The number of fused-ring (bicyclic) bond motifs is 2. The Labute approximate surface area is 120 Å². The monoisotopic (exact) mass is 296 g/mol. The molecule has 2 aliphatic rings. The SMILES string of the molecule is COC(=O)c1nc(N2CC3CCC(C2)O3)sc1C(C)=O. The van der Waals surface area contributed by atoms with E-state index in [2.05, 4.69) is 9.88 Å². The van der Waals surface area contributed by atoms with Crippen LogP contribution in [0, 0.1) is 0 Å². The van der Waals surface area contributed by atoms with Gasteiger partial charge in [-0.05, 0) is 12.8 Å². The lowest BCUT2D eigenvalue weighted by molar-refractivity contribution is 0.0305. The molecular weight excluding hydrogens is 280 g/mol. The van der Waals surface area contributed by atoms with Crippen molar-refractivity contribution >= 4 is 28.2 Å². The first-order valence-electron chi connectivity index (χ1n) is 6.59. The van der Waals surface area contributed by atoms with Gasteiger partial charge < -0.3 is 14.4 Å². The second kappa shape index (κ2) is 5.14. The van der Waals surface area contributed by atoms with Crippen LogP contribution in [0.3, 0.4) is 0 Å². The molecular formula is C13H16N2O4S. The minimum atomic E-state index is -0.561. The van der Waals surface area contributed by atoms with E-state index in [1.54, 1.807) is 0 Å². The molecule has 0 amide bonds. The van der Waals surface area contributed by atoms with Crippen LogP contribution in [-0.4, -0.2) is 49.1 Å². The number of methoxy groups -OCH3 is 1. The lowest BCUT2D eigenvalue weighted by Crippen LogP contribution is -2.42. The van der Waals surface area contributed by atoms with Crippen molar-refractivity contribution in [1.29, 1.82) is 0 Å². The van der Waals surface area contributed by atoms with Gasteiger partial charge in [0, 0.05) is 20.0 Å². The summed E-state index contributed by atoms with van der Waals surface area (Å²) in [5, 5.41) is 0.704. The molecule has 2 saturated heterocycles. The number of anilines is 1. The van der Waals surface area contributed by atoms with E-state index in [9.17, 15) is 9.59 Å². The van der Waals surface area contributed by atoms with Crippen LogP contribution in [0.15, 0.2) is 0 Å². The summed E-state index contributed by atoms with van der Waals surface area (Å²) in [5.41, 5.74) is 0.124. The normalized spacial score (nSPS) is 24.8. The summed E-state index contributed by atoms with van der Waals surface area (Å²) in [4.78, 5) is 30.1. The average Bonchev–Trinajstić information content (AvgIpc) is 3.02. The van der Waals surface area contributed by atoms with E-state index in [0.29, 0.717) is 10.0 Å². The Morgan fingerprint density at radius 1 is 1.35 bits per heavy atom. The average molecular weight is 296 g/mol. The third kappa shape index (κ3) is 2.31. The van der Waals surface area contributed by atoms with E-state index in [1.807, 2.05) is 0 Å². The number of aromatic nitrogens is 1. The van der Waals surface area contributed by atoms with Crippen LogP contribution >= 0.6 is 11.3 Å². The number of hydrogen-bond acceptors (Lipinski definition) is 7. The Balaban J connectivity index is 1.90. The molecule has 3 heterocycles. The van der Waals surface area contributed by atoms with Crippen LogP contribution in [0.25, 0.3) is 0 Å². The molecule has 0 saturated carbocycles. The number of morpholine rings is 1. The minimum absolute atomic E-state index is 0.124. The van der Waals surface area contributed by atoms with Crippen LogP contribution in [0.1, 0.15) is 39.9 Å². The van der Waals surface area contributed by atoms with Crippen molar-refractivity contribution in [2.45, 2.75) is 32.0 Å². The predicted octanol–water partition coefficient (Wildman–Crippen LogP) is 1.50. The second-order valence-electron chi connectivity index (χ2n) is 5.08. The molecule has 0 radical (unpaired) electrons. The van der Waals surface area contributed by atoms with Crippen molar-refractivity contribution in [3.05, 3.63) is 10.6 Å². The molecule has 0 spiro atoms. The third-order valence-corrected chi connectivity index (χ3v) is 4.85. The summed E-state index contributed by atoms with van der Waals surface area (Å²) in [6.07, 6.45) is 2.60. The highest BCUT2D eigenvalue weighted by molar-refractivity contribution is 7.17. The van der Waals surface area contributed by atoms with Gasteiger partial charge in [-0.15, -0.1) is 0 Å². The van der Waals surface area contributed by atoms with Gasteiger partial charge in [0.25, 0.3) is 0 Å². The van der Waals surface area contributed by atoms with E-state index in [4.69, 9.17) is 9.47 Å². The van der Waals surface area contributed by atoms with Gasteiger partial charge in [-0.25, -0.2) is 9.78 Å². The third-order valence-electron chi connectivity index (χ3n) is 3.63. The number of nitrogens with zero attached hydrogens (tertiary/aromatic N) is 2. The van der Waals surface area contributed by atoms with Crippen molar-refractivity contribution in [2.75, 3.05) is 25.1 Å². The molecule has 108 valence electrons. The molecule has 0 aromatic carbocycles. The Kier molecular flexibility index (Phi) is 3.47. The highest BCUT2D eigenvalue weighted by Gasteiger charge is 2.35. The fraction of sp³-hybridized carbons (Fsp3) is 0.615. The second-order valence-corrected chi connectivity index (χ2v) is 6.06. The molecule has 6 nitrogen and oxygen atoms in total. The van der Waals surface area contributed by atoms with Crippen molar-refractivity contribution in [3.63, 3.8) is 0 Å². The maximum atomic E-state index is 11.7. The van der Waals surface area contributed by atoms with E-state index in [0.717, 1.165) is 25.9 Å². The molecule has 0 aliphatic carbocycles. The zero-order chi connectivity index (χ0) is 14.3. The van der Waals surface area contributed by atoms with Gasteiger partial charge in [0.1, 0.15) is 4.88 Å². The largest absolute Gasteiger partial charge is 0.464 e. The number of rotatable bonds is 3. The van der Waals surface area contributed by atoms with Gasteiger partial charge in [0.15, 0.2) is 16.6 Å². The highest BCUT2D eigenvalue weighted by atomic mass is 32.1. The molecule has 20 heavy (non-hydrogen) atoms. The van der Waals surface area contributed by atoms with Crippen LogP contribution in [0.5, 0.6) is 0 Å². The molecule has 2 aliphatic heterocycles. The molecule has 7 heteroatoms. The maximum Gasteiger partial charge on any atom is 0.358 e. The van der Waals surface area contributed by atoms with Gasteiger partial charge in [0.2, 0.25) is 0 Å². The maximum absolute atomic E-state index is 11.7. The Morgan fingerprint density at radius 3 is 2.55 bits per heavy atom. The quantitative estimate of drug-likeness (QED) is 0.622. The Hall–Kier alpha value is -1.47. The molecule has 1 aromatic heterocycles. The van der Waals surface area contributed by atoms with E-state index < -0.39 is 5.97 Å². The molecule has 2 atom stereocenters. The number of hydrogen-bond donors (Lipinski definition) is 0. The standard InChI is InChI=1S/C13H16N2O4S/c1-7(16)11-10(12(17)18-2)14-13(20-11)15-5-8-3-4-9(6-15)19-8/h8-9H,3-6H2,1-2H3. The topological polar surface area (TPSA) is 68.7 Å². The van der Waals surface area contributed by atoms with Gasteiger partial charge in [0.05, 0.1) is 19.3 Å².